The zero-order chi connectivity index (χ0) is 14.6. The zero-order valence-corrected chi connectivity index (χ0v) is 11.3. The Morgan fingerprint density at radius 2 is 2.00 bits per heavy atom. The maximum Gasteiger partial charge on any atom is 0.264 e. The van der Waals surface area contributed by atoms with E-state index in [4.69, 9.17) is 10.7 Å². The maximum absolute atomic E-state index is 13.4. The lowest BCUT2D eigenvalue weighted by Crippen LogP contribution is -2.28. The number of hydrogen-bond donors (Lipinski definition) is 1. The standard InChI is InChI=1S/C10H10ClF2NO4S/c1-18-3-2-14-10(15)6-4-9(19(11,16)17)8(13)5-7(6)12/h4-5H,2-3H2,1H3,(H,14,15). The van der Waals surface area contributed by atoms with Crippen LogP contribution in [-0.4, -0.2) is 34.6 Å². The number of carbonyl (C=O) groups is 1. The highest BCUT2D eigenvalue weighted by molar-refractivity contribution is 8.13. The molecular formula is C10H10ClF2NO4S. The van der Waals surface area contributed by atoms with Crippen molar-refractivity contribution < 1.29 is 26.7 Å². The summed E-state index contributed by atoms with van der Waals surface area (Å²) in [5, 5.41) is 2.27. The van der Waals surface area contributed by atoms with Gasteiger partial charge in [-0.3, -0.25) is 4.79 Å². The second kappa shape index (κ2) is 6.27. The first-order chi connectivity index (χ1) is 8.77. The number of carbonyl (C=O) groups excluding carboxylic acids is 1. The van der Waals surface area contributed by atoms with Crippen molar-refractivity contribution in [2.45, 2.75) is 4.90 Å². The second-order valence-corrected chi connectivity index (χ2v) is 5.98. The van der Waals surface area contributed by atoms with E-state index < -0.39 is 37.1 Å². The third-order valence-electron chi connectivity index (χ3n) is 2.12. The second-order valence-electron chi connectivity index (χ2n) is 3.45. The highest BCUT2D eigenvalue weighted by Gasteiger charge is 2.22. The van der Waals surface area contributed by atoms with E-state index in [1.165, 1.54) is 7.11 Å². The molecule has 0 spiro atoms. The first-order valence-corrected chi connectivity index (χ1v) is 7.29. The summed E-state index contributed by atoms with van der Waals surface area (Å²) in [6.07, 6.45) is 0. The first-order valence-electron chi connectivity index (χ1n) is 4.98. The van der Waals surface area contributed by atoms with E-state index in [9.17, 15) is 22.0 Å². The van der Waals surface area contributed by atoms with Gasteiger partial charge in [0.25, 0.3) is 15.0 Å². The lowest BCUT2D eigenvalue weighted by molar-refractivity contribution is 0.0932. The smallest absolute Gasteiger partial charge is 0.264 e. The Balaban J connectivity index is 3.11. The summed E-state index contributed by atoms with van der Waals surface area (Å²) in [6, 6.07) is 0.843. The van der Waals surface area contributed by atoms with Gasteiger partial charge in [-0.1, -0.05) is 0 Å². The van der Waals surface area contributed by atoms with Crippen molar-refractivity contribution in [3.63, 3.8) is 0 Å². The summed E-state index contributed by atoms with van der Waals surface area (Å²) in [5.74, 6) is -3.44. The molecule has 0 aromatic heterocycles. The molecule has 0 aliphatic carbocycles. The Morgan fingerprint density at radius 1 is 1.37 bits per heavy atom. The van der Waals surface area contributed by atoms with Crippen molar-refractivity contribution in [1.29, 1.82) is 0 Å². The SMILES string of the molecule is COCCNC(=O)c1cc(S(=O)(=O)Cl)c(F)cc1F. The predicted molar refractivity (Wildman–Crippen MR) is 63.6 cm³/mol. The average molecular weight is 314 g/mol. The molecule has 1 rings (SSSR count). The van der Waals surface area contributed by atoms with Crippen molar-refractivity contribution >= 4 is 25.6 Å². The molecule has 1 aromatic carbocycles. The van der Waals surface area contributed by atoms with Gasteiger partial charge >= 0.3 is 0 Å². The predicted octanol–water partition coefficient (Wildman–Crippen LogP) is 1.27. The molecule has 0 heterocycles. The highest BCUT2D eigenvalue weighted by atomic mass is 35.7. The van der Waals surface area contributed by atoms with Crippen molar-refractivity contribution in [3.05, 3.63) is 29.3 Å². The summed E-state index contributed by atoms with van der Waals surface area (Å²) < 4.78 is 53.4. The van der Waals surface area contributed by atoms with Crippen LogP contribution >= 0.6 is 10.7 Å². The quantitative estimate of drug-likeness (QED) is 0.656. The molecule has 5 nitrogen and oxygen atoms in total. The molecular weight excluding hydrogens is 304 g/mol. The van der Waals surface area contributed by atoms with Gasteiger partial charge in [-0.05, 0) is 6.07 Å². The molecule has 1 aromatic rings. The average Bonchev–Trinajstić information content (AvgIpc) is 2.27. The molecule has 106 valence electrons. The fourth-order valence-corrected chi connectivity index (χ4v) is 2.16. The number of benzene rings is 1. The summed E-state index contributed by atoms with van der Waals surface area (Å²) in [6.45, 7) is 0.282. The van der Waals surface area contributed by atoms with Gasteiger partial charge in [-0.15, -0.1) is 0 Å². The Bertz CT molecular complexity index is 591. The van der Waals surface area contributed by atoms with Crippen LogP contribution in [0.5, 0.6) is 0 Å². The molecule has 0 radical (unpaired) electrons. The Hall–Kier alpha value is -1.25. The largest absolute Gasteiger partial charge is 0.383 e. The monoisotopic (exact) mass is 313 g/mol. The van der Waals surface area contributed by atoms with Crippen LogP contribution < -0.4 is 5.32 Å². The van der Waals surface area contributed by atoms with Crippen molar-refractivity contribution in [3.8, 4) is 0 Å². The number of nitrogens with one attached hydrogen (secondary N) is 1. The van der Waals surface area contributed by atoms with E-state index >= 15 is 0 Å². The van der Waals surface area contributed by atoms with Crippen LogP contribution in [0.15, 0.2) is 17.0 Å². The van der Waals surface area contributed by atoms with Crippen LogP contribution in [0, 0.1) is 11.6 Å². The fourth-order valence-electron chi connectivity index (χ4n) is 1.25. The van der Waals surface area contributed by atoms with Crippen LogP contribution in [0.3, 0.4) is 0 Å². The molecule has 0 unspecified atom stereocenters. The normalized spacial score (nSPS) is 11.4. The molecule has 0 saturated heterocycles. The van der Waals surface area contributed by atoms with Gasteiger partial charge in [-0.25, -0.2) is 17.2 Å². The Kier molecular flexibility index (Phi) is 5.21. The lowest BCUT2D eigenvalue weighted by atomic mass is 10.2. The van der Waals surface area contributed by atoms with Crippen molar-refractivity contribution in [2.75, 3.05) is 20.3 Å². The maximum atomic E-state index is 13.4. The van der Waals surface area contributed by atoms with Crippen LogP contribution in [0.25, 0.3) is 0 Å². The molecule has 0 atom stereocenters. The minimum atomic E-state index is -4.41. The van der Waals surface area contributed by atoms with Crippen LogP contribution in [0.1, 0.15) is 10.4 Å². The molecule has 0 aliphatic heterocycles. The lowest BCUT2D eigenvalue weighted by Gasteiger charge is -2.07. The van der Waals surface area contributed by atoms with E-state index in [2.05, 4.69) is 10.1 Å². The molecule has 0 fully saturated rings. The number of hydrogen-bond acceptors (Lipinski definition) is 4. The molecule has 1 N–H and O–H groups in total. The van der Waals surface area contributed by atoms with Gasteiger partial charge in [0, 0.05) is 30.4 Å². The van der Waals surface area contributed by atoms with Crippen LogP contribution in [-0.2, 0) is 13.8 Å². The minimum Gasteiger partial charge on any atom is -0.383 e. The highest BCUT2D eigenvalue weighted by Crippen LogP contribution is 2.22. The van der Waals surface area contributed by atoms with Crippen LogP contribution in [0.4, 0.5) is 8.78 Å². The third-order valence-corrected chi connectivity index (χ3v) is 3.46. The summed E-state index contributed by atoms with van der Waals surface area (Å²) in [7, 11) is 1.98. The number of methoxy groups -OCH3 is 1. The van der Waals surface area contributed by atoms with Gasteiger partial charge in [0.1, 0.15) is 16.5 Å². The van der Waals surface area contributed by atoms with Gasteiger partial charge < -0.3 is 10.1 Å². The van der Waals surface area contributed by atoms with E-state index in [0.29, 0.717) is 12.1 Å². The molecule has 0 saturated carbocycles. The fraction of sp³-hybridized carbons (Fsp3) is 0.300. The number of ether oxygens (including phenoxy) is 1. The van der Waals surface area contributed by atoms with Crippen molar-refractivity contribution in [1.82, 2.24) is 5.32 Å². The summed E-state index contributed by atoms with van der Waals surface area (Å²) >= 11 is 0. The number of rotatable bonds is 5. The minimum absolute atomic E-state index is 0.0924. The van der Waals surface area contributed by atoms with Crippen molar-refractivity contribution in [2.24, 2.45) is 0 Å². The topological polar surface area (TPSA) is 72.5 Å². The van der Waals surface area contributed by atoms with E-state index in [0.717, 1.165) is 0 Å². The van der Waals surface area contributed by atoms with Gasteiger partial charge in [0.05, 0.1) is 12.2 Å². The molecule has 0 aliphatic rings. The third kappa shape index (κ3) is 4.12. The van der Waals surface area contributed by atoms with Gasteiger partial charge in [0.15, 0.2) is 0 Å². The van der Waals surface area contributed by atoms with Gasteiger partial charge in [-0.2, -0.15) is 0 Å². The Labute approximate surface area is 112 Å². The summed E-state index contributed by atoms with van der Waals surface area (Å²) in [4.78, 5) is 10.6. The summed E-state index contributed by atoms with van der Waals surface area (Å²) in [5.41, 5.74) is -0.614. The van der Waals surface area contributed by atoms with E-state index in [1.807, 2.05) is 0 Å². The number of amides is 1. The van der Waals surface area contributed by atoms with E-state index in [-0.39, 0.29) is 13.2 Å². The molecule has 1 amide bonds. The molecule has 9 heteroatoms. The molecule has 0 bridgehead atoms. The first kappa shape index (κ1) is 15.8. The zero-order valence-electron chi connectivity index (χ0n) is 9.74. The molecule has 19 heavy (non-hydrogen) atoms. The Morgan fingerprint density at radius 3 is 2.53 bits per heavy atom. The van der Waals surface area contributed by atoms with Crippen LogP contribution in [0.2, 0.25) is 0 Å². The van der Waals surface area contributed by atoms with E-state index in [1.54, 1.807) is 0 Å². The number of halogens is 3. The van der Waals surface area contributed by atoms with Gasteiger partial charge in [0.2, 0.25) is 0 Å².